The van der Waals surface area contributed by atoms with Crippen molar-refractivity contribution in [2.45, 2.75) is 0 Å². The standard InChI is InChI=1S/C21H19NO2S/c23-21(18-14-20(25-15-18)16-4-2-1-3-5-16)17-6-8-19(9-7-17)22-10-12-24-13-11-22/h1-9,14-15H,10-13H2. The Morgan fingerprint density at radius 2 is 1.64 bits per heavy atom. The number of morpholine rings is 1. The molecule has 0 unspecified atom stereocenters. The van der Waals surface area contributed by atoms with Gasteiger partial charge in [0.15, 0.2) is 5.78 Å². The number of ether oxygens (including phenoxy) is 1. The summed E-state index contributed by atoms with van der Waals surface area (Å²) in [6.07, 6.45) is 0. The first-order valence-corrected chi connectivity index (χ1v) is 9.31. The summed E-state index contributed by atoms with van der Waals surface area (Å²) >= 11 is 1.61. The van der Waals surface area contributed by atoms with Gasteiger partial charge in [-0.05, 0) is 35.9 Å². The number of benzene rings is 2. The van der Waals surface area contributed by atoms with Gasteiger partial charge in [-0.25, -0.2) is 0 Å². The Kier molecular flexibility index (Phi) is 4.63. The molecule has 1 aromatic heterocycles. The van der Waals surface area contributed by atoms with Gasteiger partial charge >= 0.3 is 0 Å². The molecule has 1 saturated heterocycles. The van der Waals surface area contributed by atoms with Crippen LogP contribution in [-0.4, -0.2) is 32.1 Å². The summed E-state index contributed by atoms with van der Waals surface area (Å²) in [6.45, 7) is 3.33. The third-order valence-electron chi connectivity index (χ3n) is 4.43. The second-order valence-corrected chi connectivity index (χ2v) is 6.95. The Labute approximate surface area is 151 Å². The summed E-state index contributed by atoms with van der Waals surface area (Å²) in [5.74, 6) is 0.0759. The number of nitrogens with zero attached hydrogens (tertiary/aromatic N) is 1. The maximum atomic E-state index is 12.8. The number of hydrogen-bond donors (Lipinski definition) is 0. The summed E-state index contributed by atoms with van der Waals surface area (Å²) in [5, 5.41) is 1.94. The van der Waals surface area contributed by atoms with Crippen molar-refractivity contribution in [3.05, 3.63) is 77.2 Å². The maximum Gasteiger partial charge on any atom is 0.193 e. The van der Waals surface area contributed by atoms with Gasteiger partial charge in [0, 0.05) is 40.2 Å². The van der Waals surface area contributed by atoms with Crippen LogP contribution in [0.3, 0.4) is 0 Å². The normalized spacial score (nSPS) is 14.5. The van der Waals surface area contributed by atoms with Crippen molar-refractivity contribution in [3.8, 4) is 10.4 Å². The van der Waals surface area contributed by atoms with E-state index in [-0.39, 0.29) is 5.78 Å². The van der Waals surface area contributed by atoms with Crippen molar-refractivity contribution in [3.63, 3.8) is 0 Å². The van der Waals surface area contributed by atoms with Crippen LogP contribution in [0.15, 0.2) is 66.0 Å². The van der Waals surface area contributed by atoms with Crippen LogP contribution in [0.5, 0.6) is 0 Å². The molecule has 1 aliphatic heterocycles. The van der Waals surface area contributed by atoms with Crippen molar-refractivity contribution < 1.29 is 9.53 Å². The molecule has 0 aliphatic carbocycles. The lowest BCUT2D eigenvalue weighted by Gasteiger charge is -2.28. The van der Waals surface area contributed by atoms with E-state index in [4.69, 9.17) is 4.74 Å². The van der Waals surface area contributed by atoms with Crippen LogP contribution in [0.2, 0.25) is 0 Å². The van der Waals surface area contributed by atoms with E-state index in [1.54, 1.807) is 11.3 Å². The quantitative estimate of drug-likeness (QED) is 0.650. The molecule has 1 aliphatic rings. The highest BCUT2D eigenvalue weighted by molar-refractivity contribution is 7.13. The summed E-state index contributed by atoms with van der Waals surface area (Å²) in [7, 11) is 0. The Morgan fingerprint density at radius 1 is 0.920 bits per heavy atom. The van der Waals surface area contributed by atoms with Gasteiger partial charge in [0.2, 0.25) is 0 Å². The predicted octanol–water partition coefficient (Wildman–Crippen LogP) is 4.48. The molecule has 4 rings (SSSR count). The summed E-state index contributed by atoms with van der Waals surface area (Å²) in [6, 6.07) is 20.1. The zero-order valence-electron chi connectivity index (χ0n) is 13.9. The van der Waals surface area contributed by atoms with E-state index in [0.717, 1.165) is 53.6 Å². The minimum absolute atomic E-state index is 0.0759. The summed E-state index contributed by atoms with van der Waals surface area (Å²) in [4.78, 5) is 16.2. The van der Waals surface area contributed by atoms with E-state index in [1.165, 1.54) is 0 Å². The largest absolute Gasteiger partial charge is 0.378 e. The molecule has 1 fully saturated rings. The van der Waals surface area contributed by atoms with Gasteiger partial charge in [0.05, 0.1) is 13.2 Å². The Hall–Kier alpha value is -2.43. The van der Waals surface area contributed by atoms with E-state index in [1.807, 2.05) is 53.9 Å². The minimum atomic E-state index is 0.0759. The van der Waals surface area contributed by atoms with E-state index in [0.29, 0.717) is 0 Å². The zero-order valence-corrected chi connectivity index (χ0v) is 14.7. The number of hydrogen-bond acceptors (Lipinski definition) is 4. The summed E-state index contributed by atoms with van der Waals surface area (Å²) in [5.41, 5.74) is 3.78. The molecule has 4 heteroatoms. The van der Waals surface area contributed by atoms with Crippen LogP contribution in [0.25, 0.3) is 10.4 Å². The Bertz CT molecular complexity index is 849. The number of ketones is 1. The molecule has 0 spiro atoms. The fourth-order valence-corrected chi connectivity index (χ4v) is 3.92. The molecule has 0 radical (unpaired) electrons. The van der Waals surface area contributed by atoms with Crippen molar-refractivity contribution in [2.75, 3.05) is 31.2 Å². The van der Waals surface area contributed by atoms with Gasteiger partial charge in [-0.2, -0.15) is 0 Å². The Balaban J connectivity index is 1.52. The van der Waals surface area contributed by atoms with E-state index in [9.17, 15) is 4.79 Å². The first kappa shape index (κ1) is 16.1. The molecular formula is C21H19NO2S. The highest BCUT2D eigenvalue weighted by Crippen LogP contribution is 2.28. The number of carbonyl (C=O) groups excluding carboxylic acids is 1. The fourth-order valence-electron chi connectivity index (χ4n) is 3.02. The highest BCUT2D eigenvalue weighted by atomic mass is 32.1. The van der Waals surface area contributed by atoms with Crippen LogP contribution < -0.4 is 4.90 Å². The van der Waals surface area contributed by atoms with Gasteiger partial charge in [0.1, 0.15) is 0 Å². The molecule has 25 heavy (non-hydrogen) atoms. The van der Waals surface area contributed by atoms with Crippen LogP contribution in [-0.2, 0) is 4.74 Å². The second kappa shape index (κ2) is 7.21. The lowest BCUT2D eigenvalue weighted by atomic mass is 10.0. The van der Waals surface area contributed by atoms with Gasteiger partial charge in [-0.3, -0.25) is 4.79 Å². The SMILES string of the molecule is O=C(c1ccc(N2CCOCC2)cc1)c1csc(-c2ccccc2)c1. The second-order valence-electron chi connectivity index (χ2n) is 6.04. The van der Waals surface area contributed by atoms with E-state index < -0.39 is 0 Å². The number of thiophene rings is 1. The molecular weight excluding hydrogens is 330 g/mol. The molecule has 0 bridgehead atoms. The molecule has 3 aromatic rings. The topological polar surface area (TPSA) is 29.5 Å². The molecule has 2 heterocycles. The average molecular weight is 349 g/mol. The first-order valence-electron chi connectivity index (χ1n) is 8.43. The third kappa shape index (κ3) is 3.50. The zero-order chi connectivity index (χ0) is 17.1. The smallest absolute Gasteiger partial charge is 0.193 e. The monoisotopic (exact) mass is 349 g/mol. The van der Waals surface area contributed by atoms with Gasteiger partial charge < -0.3 is 9.64 Å². The van der Waals surface area contributed by atoms with Crippen molar-refractivity contribution in [2.24, 2.45) is 0 Å². The van der Waals surface area contributed by atoms with Crippen LogP contribution in [0.1, 0.15) is 15.9 Å². The minimum Gasteiger partial charge on any atom is -0.378 e. The van der Waals surface area contributed by atoms with Crippen molar-refractivity contribution >= 4 is 22.8 Å². The molecule has 0 amide bonds. The van der Waals surface area contributed by atoms with Gasteiger partial charge in [0.25, 0.3) is 0 Å². The molecule has 0 N–H and O–H groups in total. The fraction of sp³-hybridized carbons (Fsp3) is 0.190. The van der Waals surface area contributed by atoms with Crippen LogP contribution >= 0.6 is 11.3 Å². The molecule has 2 aromatic carbocycles. The predicted molar refractivity (Wildman–Crippen MR) is 103 cm³/mol. The highest BCUT2D eigenvalue weighted by Gasteiger charge is 2.14. The first-order chi connectivity index (χ1) is 12.3. The molecule has 3 nitrogen and oxygen atoms in total. The van der Waals surface area contributed by atoms with Crippen molar-refractivity contribution in [1.82, 2.24) is 0 Å². The van der Waals surface area contributed by atoms with Gasteiger partial charge in [-0.15, -0.1) is 11.3 Å². The molecule has 126 valence electrons. The lowest BCUT2D eigenvalue weighted by molar-refractivity contribution is 0.103. The third-order valence-corrected chi connectivity index (χ3v) is 5.40. The maximum absolute atomic E-state index is 12.8. The van der Waals surface area contributed by atoms with E-state index in [2.05, 4.69) is 17.0 Å². The number of rotatable bonds is 4. The number of anilines is 1. The number of carbonyl (C=O) groups is 1. The van der Waals surface area contributed by atoms with Gasteiger partial charge in [-0.1, -0.05) is 30.3 Å². The van der Waals surface area contributed by atoms with Crippen LogP contribution in [0, 0.1) is 0 Å². The lowest BCUT2D eigenvalue weighted by Crippen LogP contribution is -2.36. The molecule has 0 atom stereocenters. The molecule has 0 saturated carbocycles. The van der Waals surface area contributed by atoms with Crippen molar-refractivity contribution in [1.29, 1.82) is 0 Å². The van der Waals surface area contributed by atoms with Crippen LogP contribution in [0.4, 0.5) is 5.69 Å². The summed E-state index contributed by atoms with van der Waals surface area (Å²) < 4.78 is 5.39. The Morgan fingerprint density at radius 3 is 2.36 bits per heavy atom. The average Bonchev–Trinajstić information content (AvgIpc) is 3.19. The van der Waals surface area contributed by atoms with E-state index >= 15 is 0 Å².